The van der Waals surface area contributed by atoms with E-state index in [4.69, 9.17) is 0 Å². The van der Waals surface area contributed by atoms with E-state index in [0.29, 0.717) is 11.3 Å². The molecule has 164 valence electrons. The van der Waals surface area contributed by atoms with Crippen molar-refractivity contribution in [2.24, 2.45) is 0 Å². The highest BCUT2D eigenvalue weighted by atomic mass is 19.4. The van der Waals surface area contributed by atoms with E-state index in [1.54, 1.807) is 4.90 Å². The maximum Gasteiger partial charge on any atom is 0.435 e. The Balaban J connectivity index is 1.34. The third-order valence-electron chi connectivity index (χ3n) is 5.22. The second-order valence-electron chi connectivity index (χ2n) is 7.52. The Kier molecular flexibility index (Phi) is 5.42. The molecule has 1 aliphatic carbocycles. The van der Waals surface area contributed by atoms with Crippen molar-refractivity contribution >= 4 is 17.7 Å². The third-order valence-corrected chi connectivity index (χ3v) is 5.22. The molecule has 1 saturated carbocycles. The summed E-state index contributed by atoms with van der Waals surface area (Å²) in [5.74, 6) is -1.44. The number of nitrogens with zero attached hydrogens (tertiary/aromatic N) is 4. The summed E-state index contributed by atoms with van der Waals surface area (Å²) < 4.78 is 39.2. The molecule has 8 nitrogen and oxygen atoms in total. The van der Waals surface area contributed by atoms with Crippen molar-refractivity contribution in [1.82, 2.24) is 24.9 Å². The number of halogens is 3. The Hall–Kier alpha value is -3.37. The first-order valence-corrected chi connectivity index (χ1v) is 9.85. The number of hydrogen-bond donors (Lipinski definition) is 1. The van der Waals surface area contributed by atoms with E-state index in [-0.39, 0.29) is 38.1 Å². The van der Waals surface area contributed by atoms with Crippen molar-refractivity contribution in [3.63, 3.8) is 0 Å². The van der Waals surface area contributed by atoms with E-state index < -0.39 is 23.7 Å². The molecule has 0 spiro atoms. The molecule has 2 aliphatic rings. The molecular formula is C20H20F3N5O3. The number of amides is 3. The zero-order chi connectivity index (χ0) is 22.2. The number of carbonyl (C=O) groups excluding carboxylic acids is 3. The van der Waals surface area contributed by atoms with Gasteiger partial charge in [-0.15, -0.1) is 0 Å². The fourth-order valence-electron chi connectivity index (χ4n) is 3.29. The predicted octanol–water partition coefficient (Wildman–Crippen LogP) is 1.45. The Labute approximate surface area is 175 Å². The number of rotatable bonds is 3. The lowest BCUT2D eigenvalue weighted by Gasteiger charge is -2.34. The van der Waals surface area contributed by atoms with E-state index in [1.807, 2.05) is 0 Å². The highest BCUT2D eigenvalue weighted by molar-refractivity contribution is 6.35. The Morgan fingerprint density at radius 3 is 2.10 bits per heavy atom. The summed E-state index contributed by atoms with van der Waals surface area (Å²) >= 11 is 0. The predicted molar refractivity (Wildman–Crippen MR) is 102 cm³/mol. The summed E-state index contributed by atoms with van der Waals surface area (Å²) in [7, 11) is 0. The minimum atomic E-state index is -4.52. The van der Waals surface area contributed by atoms with Crippen molar-refractivity contribution in [3.05, 3.63) is 47.8 Å². The van der Waals surface area contributed by atoms with Crippen LogP contribution in [0.4, 0.5) is 13.2 Å². The number of hydrogen-bond acceptors (Lipinski definition) is 4. The van der Waals surface area contributed by atoms with Gasteiger partial charge in [-0.25, -0.2) is 4.68 Å². The first-order chi connectivity index (χ1) is 14.7. The molecule has 1 aromatic carbocycles. The average Bonchev–Trinajstić information content (AvgIpc) is 3.42. The quantitative estimate of drug-likeness (QED) is 0.740. The summed E-state index contributed by atoms with van der Waals surface area (Å²) in [4.78, 5) is 39.8. The van der Waals surface area contributed by atoms with Crippen molar-refractivity contribution in [2.75, 3.05) is 26.2 Å². The number of piperazine rings is 1. The monoisotopic (exact) mass is 435 g/mol. The van der Waals surface area contributed by atoms with Crippen LogP contribution in [-0.4, -0.2) is 69.5 Å². The van der Waals surface area contributed by atoms with Gasteiger partial charge in [-0.05, 0) is 43.2 Å². The minimum Gasteiger partial charge on any atom is -0.345 e. The molecule has 0 unspecified atom stereocenters. The second kappa shape index (κ2) is 8.05. The zero-order valence-corrected chi connectivity index (χ0v) is 16.4. The highest BCUT2D eigenvalue weighted by Gasteiger charge is 2.34. The van der Waals surface area contributed by atoms with Crippen LogP contribution in [0.2, 0.25) is 0 Å². The highest BCUT2D eigenvalue weighted by Crippen LogP contribution is 2.28. The number of alkyl halides is 3. The molecular weight excluding hydrogens is 415 g/mol. The van der Waals surface area contributed by atoms with Crippen molar-refractivity contribution in [2.45, 2.75) is 25.1 Å². The first-order valence-electron chi connectivity index (χ1n) is 9.85. The van der Waals surface area contributed by atoms with Crippen LogP contribution >= 0.6 is 0 Å². The molecule has 1 saturated heterocycles. The van der Waals surface area contributed by atoms with Gasteiger partial charge in [0.25, 0.3) is 5.91 Å². The minimum absolute atomic E-state index is 0.101. The van der Waals surface area contributed by atoms with Crippen molar-refractivity contribution in [3.8, 4) is 5.69 Å². The Bertz CT molecular complexity index is 990. The van der Waals surface area contributed by atoms with Crippen LogP contribution in [0.3, 0.4) is 0 Å². The number of benzene rings is 1. The van der Waals surface area contributed by atoms with Crippen LogP contribution in [0.25, 0.3) is 5.69 Å². The fraction of sp³-hybridized carbons (Fsp3) is 0.400. The molecule has 2 aromatic rings. The second-order valence-corrected chi connectivity index (χ2v) is 7.52. The van der Waals surface area contributed by atoms with Gasteiger partial charge in [-0.2, -0.15) is 18.3 Å². The molecule has 1 aliphatic heterocycles. The fourth-order valence-corrected chi connectivity index (χ4v) is 3.29. The van der Waals surface area contributed by atoms with Crippen LogP contribution in [0.5, 0.6) is 0 Å². The smallest absolute Gasteiger partial charge is 0.345 e. The summed E-state index contributed by atoms with van der Waals surface area (Å²) in [6, 6.07) is 7.06. The lowest BCUT2D eigenvalue weighted by atomic mass is 10.1. The van der Waals surface area contributed by atoms with Crippen LogP contribution in [0.15, 0.2) is 36.5 Å². The average molecular weight is 435 g/mol. The van der Waals surface area contributed by atoms with E-state index >= 15 is 0 Å². The van der Waals surface area contributed by atoms with Gasteiger partial charge in [0.05, 0.1) is 5.69 Å². The van der Waals surface area contributed by atoms with Gasteiger partial charge in [0.15, 0.2) is 5.69 Å². The normalized spacial score (nSPS) is 16.9. The molecule has 0 bridgehead atoms. The lowest BCUT2D eigenvalue weighted by Crippen LogP contribution is -2.54. The van der Waals surface area contributed by atoms with E-state index in [9.17, 15) is 27.6 Å². The molecule has 2 heterocycles. The van der Waals surface area contributed by atoms with E-state index in [2.05, 4.69) is 10.4 Å². The molecule has 2 fully saturated rings. The van der Waals surface area contributed by atoms with E-state index in [0.717, 1.165) is 23.6 Å². The van der Waals surface area contributed by atoms with Crippen molar-refractivity contribution < 1.29 is 27.6 Å². The standard InChI is InChI=1S/C20H20F3N5O3/c21-20(22,23)16-7-8-28(25-16)15-5-1-13(2-6-15)18(30)26-9-11-27(12-10-26)19(31)17(29)24-14-3-4-14/h1-2,5-8,14H,3-4,9-12H2,(H,24,29). The molecule has 11 heteroatoms. The lowest BCUT2D eigenvalue weighted by molar-refractivity contribution is -0.146. The summed E-state index contributed by atoms with van der Waals surface area (Å²) in [6.07, 6.45) is -1.54. The zero-order valence-electron chi connectivity index (χ0n) is 16.4. The topological polar surface area (TPSA) is 87.5 Å². The van der Waals surface area contributed by atoms with Gasteiger partial charge >= 0.3 is 18.0 Å². The molecule has 0 radical (unpaired) electrons. The summed E-state index contributed by atoms with van der Waals surface area (Å²) in [5.41, 5.74) is -0.228. The van der Waals surface area contributed by atoms with Crippen LogP contribution < -0.4 is 5.32 Å². The SMILES string of the molecule is O=C(NC1CC1)C(=O)N1CCN(C(=O)c2ccc(-n3ccc(C(F)(F)F)n3)cc2)CC1. The van der Waals surface area contributed by atoms with Crippen LogP contribution in [0, 0.1) is 0 Å². The maximum atomic E-state index is 12.7. The van der Waals surface area contributed by atoms with Crippen molar-refractivity contribution in [1.29, 1.82) is 0 Å². The number of nitrogens with one attached hydrogen (secondary N) is 1. The van der Waals surface area contributed by atoms with Gasteiger partial charge in [0.2, 0.25) is 0 Å². The van der Waals surface area contributed by atoms with Crippen LogP contribution in [-0.2, 0) is 15.8 Å². The van der Waals surface area contributed by atoms with Gasteiger partial charge in [-0.3, -0.25) is 14.4 Å². The largest absolute Gasteiger partial charge is 0.435 e. The molecule has 1 aromatic heterocycles. The number of carbonyl (C=O) groups is 3. The molecule has 0 atom stereocenters. The molecule has 4 rings (SSSR count). The Morgan fingerprint density at radius 1 is 0.935 bits per heavy atom. The Morgan fingerprint density at radius 2 is 1.55 bits per heavy atom. The van der Waals surface area contributed by atoms with Gasteiger partial charge < -0.3 is 15.1 Å². The van der Waals surface area contributed by atoms with Gasteiger partial charge in [0.1, 0.15) is 0 Å². The van der Waals surface area contributed by atoms with Crippen LogP contribution in [0.1, 0.15) is 28.9 Å². The maximum absolute atomic E-state index is 12.7. The first kappa shape index (κ1) is 20.9. The third kappa shape index (κ3) is 4.70. The van der Waals surface area contributed by atoms with Gasteiger partial charge in [0, 0.05) is 44.0 Å². The molecule has 3 amide bonds. The summed E-state index contributed by atoms with van der Waals surface area (Å²) in [6.45, 7) is 1.09. The summed E-state index contributed by atoms with van der Waals surface area (Å²) in [5, 5.41) is 6.16. The number of aromatic nitrogens is 2. The molecule has 31 heavy (non-hydrogen) atoms. The van der Waals surface area contributed by atoms with Gasteiger partial charge in [-0.1, -0.05) is 0 Å². The van der Waals surface area contributed by atoms with E-state index in [1.165, 1.54) is 35.4 Å². The molecule has 1 N–H and O–H groups in total.